The van der Waals surface area contributed by atoms with E-state index < -0.39 is 0 Å². The summed E-state index contributed by atoms with van der Waals surface area (Å²) in [6.07, 6.45) is 13.3. The fourth-order valence-electron chi connectivity index (χ4n) is 3.03. The van der Waals surface area contributed by atoms with Crippen molar-refractivity contribution in [2.24, 2.45) is 0 Å². The molecule has 22 heavy (non-hydrogen) atoms. The summed E-state index contributed by atoms with van der Waals surface area (Å²) in [4.78, 5) is 11.4. The van der Waals surface area contributed by atoms with Gasteiger partial charge >= 0.3 is 0 Å². The maximum absolute atomic E-state index is 11.4. The maximum atomic E-state index is 11.4. The van der Waals surface area contributed by atoms with E-state index >= 15 is 0 Å². The second kappa shape index (κ2) is 11.5. The number of benzene rings is 1. The molecule has 1 nitrogen and oxygen atoms in total. The van der Waals surface area contributed by atoms with Crippen LogP contribution in [0.4, 0.5) is 0 Å². The van der Waals surface area contributed by atoms with Gasteiger partial charge in [-0.2, -0.15) is 0 Å². The van der Waals surface area contributed by atoms with Gasteiger partial charge in [0.25, 0.3) is 0 Å². The predicted molar refractivity (Wildman–Crippen MR) is 96.5 cm³/mol. The molecular formula is C21H34O. The molecule has 1 heteroatoms. The van der Waals surface area contributed by atoms with E-state index in [0.717, 1.165) is 12.8 Å². The normalized spacial score (nSPS) is 10.9. The van der Waals surface area contributed by atoms with Crippen molar-refractivity contribution in [2.75, 3.05) is 0 Å². The highest BCUT2D eigenvalue weighted by atomic mass is 16.1. The molecule has 0 N–H and O–H groups in total. The first-order chi connectivity index (χ1) is 10.7. The number of hydrogen-bond acceptors (Lipinski definition) is 1. The van der Waals surface area contributed by atoms with E-state index in [1.807, 2.05) is 0 Å². The molecule has 124 valence electrons. The van der Waals surface area contributed by atoms with Gasteiger partial charge in [-0.15, -0.1) is 0 Å². The van der Waals surface area contributed by atoms with Crippen LogP contribution in [0.1, 0.15) is 88.8 Å². The number of ketones is 1. The molecule has 1 rings (SSSR count). The first-order valence-electron chi connectivity index (χ1n) is 9.26. The first-order valence-corrected chi connectivity index (χ1v) is 9.26. The molecule has 0 spiro atoms. The van der Waals surface area contributed by atoms with Gasteiger partial charge in [0.15, 0.2) is 0 Å². The highest BCUT2D eigenvalue weighted by molar-refractivity contribution is 5.78. The van der Waals surface area contributed by atoms with Crippen molar-refractivity contribution in [1.29, 1.82) is 0 Å². The van der Waals surface area contributed by atoms with Gasteiger partial charge in [0.2, 0.25) is 0 Å². The lowest BCUT2D eigenvalue weighted by Crippen LogP contribution is -2.00. The van der Waals surface area contributed by atoms with E-state index in [1.165, 1.54) is 68.1 Å². The summed E-state index contributed by atoms with van der Waals surface area (Å²) in [5.74, 6) is 0.264. The van der Waals surface area contributed by atoms with Crippen LogP contribution in [-0.4, -0.2) is 5.78 Å². The van der Waals surface area contributed by atoms with Crippen LogP contribution in [0.2, 0.25) is 0 Å². The molecule has 0 bridgehead atoms. The fourth-order valence-corrected chi connectivity index (χ4v) is 3.03. The van der Waals surface area contributed by atoms with Crippen LogP contribution in [-0.2, 0) is 24.1 Å². The van der Waals surface area contributed by atoms with Crippen molar-refractivity contribution in [2.45, 2.75) is 91.4 Å². The molecule has 0 heterocycles. The molecule has 0 fully saturated rings. The summed E-state index contributed by atoms with van der Waals surface area (Å²) < 4.78 is 0. The van der Waals surface area contributed by atoms with Gasteiger partial charge in [0, 0.05) is 6.42 Å². The standard InChI is InChI=1S/C21H34O/c1-4-6-8-10-12-19-15-20(13-11-9-7-5-2)17-21(16-19)14-18(3)22/h15-17H,4-14H2,1-3H3. The lowest BCUT2D eigenvalue weighted by Gasteiger charge is -2.10. The van der Waals surface area contributed by atoms with E-state index in [2.05, 4.69) is 32.0 Å². The van der Waals surface area contributed by atoms with Crippen molar-refractivity contribution >= 4 is 5.78 Å². The Hall–Kier alpha value is -1.11. The molecule has 0 aliphatic carbocycles. The molecule has 0 aliphatic heterocycles. The monoisotopic (exact) mass is 302 g/mol. The quantitative estimate of drug-likeness (QED) is 0.429. The minimum absolute atomic E-state index is 0.264. The summed E-state index contributed by atoms with van der Waals surface area (Å²) in [7, 11) is 0. The minimum atomic E-state index is 0.264. The summed E-state index contributed by atoms with van der Waals surface area (Å²) >= 11 is 0. The molecule has 0 atom stereocenters. The Bertz CT molecular complexity index is 403. The highest BCUT2D eigenvalue weighted by Crippen LogP contribution is 2.17. The van der Waals surface area contributed by atoms with Crippen LogP contribution >= 0.6 is 0 Å². The first kappa shape index (κ1) is 18.9. The molecular weight excluding hydrogens is 268 g/mol. The molecule has 0 saturated carbocycles. The van der Waals surface area contributed by atoms with Gasteiger partial charge < -0.3 is 0 Å². The largest absolute Gasteiger partial charge is 0.300 e. The lowest BCUT2D eigenvalue weighted by molar-refractivity contribution is -0.116. The second-order valence-electron chi connectivity index (χ2n) is 6.66. The van der Waals surface area contributed by atoms with Gasteiger partial charge in [0.1, 0.15) is 5.78 Å². The molecule has 0 aliphatic rings. The second-order valence-corrected chi connectivity index (χ2v) is 6.66. The van der Waals surface area contributed by atoms with Gasteiger partial charge in [0.05, 0.1) is 0 Å². The van der Waals surface area contributed by atoms with Crippen LogP contribution in [0.15, 0.2) is 18.2 Å². The van der Waals surface area contributed by atoms with Crippen molar-refractivity contribution in [3.63, 3.8) is 0 Å². The van der Waals surface area contributed by atoms with E-state index in [9.17, 15) is 4.79 Å². The van der Waals surface area contributed by atoms with Gasteiger partial charge in [-0.3, -0.25) is 4.79 Å². The summed E-state index contributed by atoms with van der Waals surface area (Å²) in [5.41, 5.74) is 4.08. The zero-order valence-corrected chi connectivity index (χ0v) is 14.9. The van der Waals surface area contributed by atoms with Crippen molar-refractivity contribution in [1.82, 2.24) is 0 Å². The fraction of sp³-hybridized carbons (Fsp3) is 0.667. The van der Waals surface area contributed by atoms with E-state index in [1.54, 1.807) is 6.92 Å². The van der Waals surface area contributed by atoms with E-state index in [0.29, 0.717) is 6.42 Å². The Morgan fingerprint density at radius 2 is 1.18 bits per heavy atom. The lowest BCUT2D eigenvalue weighted by atomic mass is 9.96. The molecule has 0 aromatic heterocycles. The Labute approximate surface area is 137 Å². The minimum Gasteiger partial charge on any atom is -0.300 e. The third-order valence-corrected chi connectivity index (χ3v) is 4.20. The summed E-state index contributed by atoms with van der Waals surface area (Å²) in [6, 6.07) is 6.88. The zero-order chi connectivity index (χ0) is 16.2. The Kier molecular flexibility index (Phi) is 9.86. The van der Waals surface area contributed by atoms with E-state index in [-0.39, 0.29) is 5.78 Å². The third kappa shape index (κ3) is 8.36. The average molecular weight is 303 g/mol. The number of carbonyl (C=O) groups excluding carboxylic acids is 1. The molecule has 0 amide bonds. The number of carbonyl (C=O) groups is 1. The smallest absolute Gasteiger partial charge is 0.134 e. The SMILES string of the molecule is CCCCCCc1cc(CCCCCC)cc(CC(C)=O)c1. The summed E-state index contributed by atoms with van der Waals surface area (Å²) in [5, 5.41) is 0. The Balaban J connectivity index is 2.65. The number of unbranched alkanes of at least 4 members (excludes halogenated alkanes) is 6. The van der Waals surface area contributed by atoms with Crippen LogP contribution < -0.4 is 0 Å². The van der Waals surface area contributed by atoms with Gasteiger partial charge in [-0.25, -0.2) is 0 Å². The van der Waals surface area contributed by atoms with E-state index in [4.69, 9.17) is 0 Å². The Morgan fingerprint density at radius 3 is 1.59 bits per heavy atom. The highest BCUT2D eigenvalue weighted by Gasteiger charge is 2.04. The number of hydrogen-bond donors (Lipinski definition) is 0. The average Bonchev–Trinajstić information content (AvgIpc) is 2.47. The van der Waals surface area contributed by atoms with Crippen LogP contribution in [0, 0.1) is 0 Å². The molecule has 1 aromatic carbocycles. The van der Waals surface area contributed by atoms with Crippen molar-refractivity contribution in [3.8, 4) is 0 Å². The number of rotatable bonds is 12. The number of Topliss-reactive ketones (excluding diaryl/α,β-unsaturated/α-hetero) is 1. The molecule has 0 radical (unpaired) electrons. The van der Waals surface area contributed by atoms with Gasteiger partial charge in [-0.05, 0) is 49.3 Å². The maximum Gasteiger partial charge on any atom is 0.134 e. The number of aryl methyl sites for hydroxylation is 2. The van der Waals surface area contributed by atoms with Crippen LogP contribution in [0.25, 0.3) is 0 Å². The third-order valence-electron chi connectivity index (χ3n) is 4.20. The molecule has 0 unspecified atom stereocenters. The van der Waals surface area contributed by atoms with Crippen molar-refractivity contribution in [3.05, 3.63) is 34.9 Å². The predicted octanol–water partition coefficient (Wildman–Crippen LogP) is 6.06. The topological polar surface area (TPSA) is 17.1 Å². The zero-order valence-electron chi connectivity index (χ0n) is 14.9. The van der Waals surface area contributed by atoms with Crippen LogP contribution in [0.3, 0.4) is 0 Å². The Morgan fingerprint density at radius 1 is 0.727 bits per heavy atom. The molecule has 0 saturated heterocycles. The van der Waals surface area contributed by atoms with Crippen molar-refractivity contribution < 1.29 is 4.79 Å². The summed E-state index contributed by atoms with van der Waals surface area (Å²) in [6.45, 7) is 6.19. The molecule has 1 aromatic rings. The van der Waals surface area contributed by atoms with Crippen LogP contribution in [0.5, 0.6) is 0 Å². The van der Waals surface area contributed by atoms with Gasteiger partial charge in [-0.1, -0.05) is 70.6 Å².